The number of carboxylic acid groups (broad SMARTS) is 1. The number of amides is 1. The number of likely N-dealkylation sites (tertiary alicyclic amines) is 1. The third-order valence-corrected chi connectivity index (χ3v) is 8.11. The van der Waals surface area contributed by atoms with Gasteiger partial charge in [-0.3, -0.25) is 9.59 Å². The summed E-state index contributed by atoms with van der Waals surface area (Å²) < 4.78 is 2.20. The summed E-state index contributed by atoms with van der Waals surface area (Å²) in [4.78, 5) is 27.3. The molecular weight excluding hydrogens is 388 g/mol. The van der Waals surface area contributed by atoms with Crippen molar-refractivity contribution < 1.29 is 14.7 Å². The lowest BCUT2D eigenvalue weighted by Gasteiger charge is -2.46. The van der Waals surface area contributed by atoms with Crippen LogP contribution >= 0.6 is 0 Å². The van der Waals surface area contributed by atoms with Crippen LogP contribution in [0.15, 0.2) is 24.4 Å². The van der Waals surface area contributed by atoms with E-state index in [9.17, 15) is 14.7 Å². The van der Waals surface area contributed by atoms with Crippen LogP contribution in [0.1, 0.15) is 81.3 Å². The highest BCUT2D eigenvalue weighted by Crippen LogP contribution is 2.46. The number of fused-ring (bicyclic) bond motifs is 2. The average molecular weight is 423 g/mol. The van der Waals surface area contributed by atoms with Gasteiger partial charge in [-0.05, 0) is 73.5 Å². The topological polar surface area (TPSA) is 62.5 Å². The fourth-order valence-corrected chi connectivity index (χ4v) is 6.41. The number of piperidine rings is 1. The zero-order valence-corrected chi connectivity index (χ0v) is 18.7. The van der Waals surface area contributed by atoms with E-state index < -0.39 is 5.97 Å². The van der Waals surface area contributed by atoms with Crippen molar-refractivity contribution in [3.63, 3.8) is 0 Å². The minimum absolute atomic E-state index is 0.109. The molecule has 5 nitrogen and oxygen atoms in total. The number of rotatable bonds is 5. The van der Waals surface area contributed by atoms with Gasteiger partial charge in [0.1, 0.15) is 0 Å². The Morgan fingerprint density at radius 2 is 1.94 bits per heavy atom. The number of carbonyl (C=O) groups is 2. The lowest BCUT2D eigenvalue weighted by molar-refractivity contribution is -0.152. The third-order valence-electron chi connectivity index (χ3n) is 8.11. The Bertz CT molecular complexity index is 1010. The summed E-state index contributed by atoms with van der Waals surface area (Å²) >= 11 is 0. The van der Waals surface area contributed by atoms with Crippen molar-refractivity contribution in [1.29, 1.82) is 0 Å². The van der Waals surface area contributed by atoms with E-state index in [1.165, 1.54) is 34.9 Å². The van der Waals surface area contributed by atoms with Gasteiger partial charge in [-0.25, -0.2) is 0 Å². The Hall–Kier alpha value is -2.30. The Morgan fingerprint density at radius 1 is 1.13 bits per heavy atom. The molecule has 1 N–H and O–H groups in total. The predicted molar refractivity (Wildman–Crippen MR) is 121 cm³/mol. The van der Waals surface area contributed by atoms with Crippen molar-refractivity contribution in [1.82, 2.24) is 9.47 Å². The number of aromatic nitrogens is 1. The van der Waals surface area contributed by atoms with E-state index in [2.05, 4.69) is 42.9 Å². The van der Waals surface area contributed by atoms with Crippen molar-refractivity contribution in [2.75, 3.05) is 6.54 Å². The molecule has 1 aromatic carbocycles. The van der Waals surface area contributed by atoms with Gasteiger partial charge in [0.05, 0.1) is 5.92 Å². The summed E-state index contributed by atoms with van der Waals surface area (Å²) in [5.74, 6) is 0.181. The Kier molecular flexibility index (Phi) is 5.31. The van der Waals surface area contributed by atoms with E-state index in [4.69, 9.17) is 0 Å². The molecule has 3 fully saturated rings. The first-order valence-electron chi connectivity index (χ1n) is 12.1. The number of aliphatic carboxylic acids is 1. The van der Waals surface area contributed by atoms with Gasteiger partial charge in [-0.1, -0.05) is 25.5 Å². The molecule has 166 valence electrons. The Balaban J connectivity index is 1.38. The molecule has 2 aromatic rings. The lowest BCUT2D eigenvalue weighted by Crippen LogP contribution is -2.53. The molecule has 2 aliphatic carbocycles. The second-order valence-corrected chi connectivity index (χ2v) is 10.2. The first kappa shape index (κ1) is 20.6. The summed E-state index contributed by atoms with van der Waals surface area (Å²) in [5.41, 5.74) is 3.99. The van der Waals surface area contributed by atoms with Crippen LogP contribution in [-0.2, 0) is 16.6 Å². The Morgan fingerprint density at radius 3 is 2.68 bits per heavy atom. The summed E-state index contributed by atoms with van der Waals surface area (Å²) in [6.45, 7) is 2.96. The number of hydrogen-bond donors (Lipinski definition) is 1. The zero-order valence-electron chi connectivity index (χ0n) is 18.7. The van der Waals surface area contributed by atoms with E-state index in [0.29, 0.717) is 12.3 Å². The molecule has 1 aromatic heterocycles. The number of carboxylic acids is 1. The summed E-state index contributed by atoms with van der Waals surface area (Å²) in [6.07, 6.45) is 9.73. The van der Waals surface area contributed by atoms with Gasteiger partial charge in [-0.15, -0.1) is 0 Å². The van der Waals surface area contributed by atoms with Crippen molar-refractivity contribution >= 4 is 22.8 Å². The monoisotopic (exact) mass is 422 g/mol. The van der Waals surface area contributed by atoms with Crippen LogP contribution in [0.5, 0.6) is 0 Å². The summed E-state index contributed by atoms with van der Waals surface area (Å²) in [6, 6.07) is 6.72. The molecular formula is C26H34N2O3. The first-order chi connectivity index (χ1) is 15.0. The molecule has 5 rings (SSSR count). The van der Waals surface area contributed by atoms with Crippen LogP contribution in [0.3, 0.4) is 0 Å². The second-order valence-electron chi connectivity index (χ2n) is 10.2. The lowest BCUT2D eigenvalue weighted by atomic mass is 9.71. The quantitative estimate of drug-likeness (QED) is 0.734. The molecule has 0 bridgehead atoms. The highest BCUT2D eigenvalue weighted by molar-refractivity contribution is 5.89. The fourth-order valence-electron chi connectivity index (χ4n) is 6.41. The van der Waals surface area contributed by atoms with E-state index in [1.807, 2.05) is 4.90 Å². The normalized spacial score (nSPS) is 27.2. The number of hydrogen-bond acceptors (Lipinski definition) is 2. The maximum absolute atomic E-state index is 13.5. The van der Waals surface area contributed by atoms with Gasteiger partial charge >= 0.3 is 5.97 Å². The van der Waals surface area contributed by atoms with E-state index in [-0.39, 0.29) is 29.7 Å². The van der Waals surface area contributed by atoms with Crippen LogP contribution in [0.25, 0.3) is 10.9 Å². The molecule has 4 unspecified atom stereocenters. The molecule has 1 saturated heterocycles. The number of carbonyl (C=O) groups excluding carboxylic acids is 1. The third kappa shape index (κ3) is 3.66. The number of nitrogens with zero attached hydrogens (tertiary/aromatic N) is 2. The molecule has 4 atom stereocenters. The minimum atomic E-state index is -0.680. The predicted octanol–water partition coefficient (Wildman–Crippen LogP) is 5.04. The van der Waals surface area contributed by atoms with Gasteiger partial charge in [0.25, 0.3) is 0 Å². The van der Waals surface area contributed by atoms with E-state index >= 15 is 0 Å². The van der Waals surface area contributed by atoms with Gasteiger partial charge in [0, 0.05) is 43.2 Å². The molecule has 3 aliphatic rings. The molecule has 31 heavy (non-hydrogen) atoms. The standard InChI is InChI=1S/C26H34N2O3/c1-16(21-15-27(2)23-10-3-6-18(25(21)23)17-11-12-17)14-24(29)28-13-5-8-19-20(26(30)31)7-4-9-22(19)28/h3,6,10,15-17,19-20,22H,4-5,7-9,11-14H2,1-2H3,(H,30,31). The highest BCUT2D eigenvalue weighted by Gasteiger charge is 2.43. The molecule has 0 radical (unpaired) electrons. The molecule has 1 aliphatic heterocycles. The highest BCUT2D eigenvalue weighted by atomic mass is 16.4. The van der Waals surface area contributed by atoms with Crippen LogP contribution in [-0.4, -0.2) is 39.0 Å². The van der Waals surface area contributed by atoms with Crippen LogP contribution < -0.4 is 0 Å². The number of benzene rings is 1. The average Bonchev–Trinajstić information content (AvgIpc) is 3.55. The van der Waals surface area contributed by atoms with Gasteiger partial charge in [0.2, 0.25) is 5.91 Å². The molecule has 2 heterocycles. The second kappa shape index (κ2) is 7.99. The van der Waals surface area contributed by atoms with Crippen molar-refractivity contribution in [2.24, 2.45) is 18.9 Å². The minimum Gasteiger partial charge on any atom is -0.481 e. The van der Waals surface area contributed by atoms with Crippen LogP contribution in [0, 0.1) is 11.8 Å². The SMILES string of the molecule is CC(CC(=O)N1CCCC2C(C(=O)O)CCCC21)c1cn(C)c2cccc(C3CC3)c12. The molecule has 2 saturated carbocycles. The smallest absolute Gasteiger partial charge is 0.306 e. The Labute approximate surface area is 184 Å². The maximum atomic E-state index is 13.5. The summed E-state index contributed by atoms with van der Waals surface area (Å²) in [7, 11) is 2.10. The van der Waals surface area contributed by atoms with Gasteiger partial charge in [0.15, 0.2) is 0 Å². The maximum Gasteiger partial charge on any atom is 0.306 e. The van der Waals surface area contributed by atoms with Gasteiger partial charge in [-0.2, -0.15) is 0 Å². The van der Waals surface area contributed by atoms with Crippen LogP contribution in [0.2, 0.25) is 0 Å². The van der Waals surface area contributed by atoms with Crippen LogP contribution in [0.4, 0.5) is 0 Å². The van der Waals surface area contributed by atoms with E-state index in [1.54, 1.807) is 0 Å². The zero-order chi connectivity index (χ0) is 21.7. The van der Waals surface area contributed by atoms with Gasteiger partial charge < -0.3 is 14.6 Å². The largest absolute Gasteiger partial charge is 0.481 e. The van der Waals surface area contributed by atoms with E-state index in [0.717, 1.165) is 38.6 Å². The molecule has 5 heteroatoms. The van der Waals surface area contributed by atoms with Crippen molar-refractivity contribution in [3.05, 3.63) is 35.5 Å². The molecule has 1 amide bonds. The van der Waals surface area contributed by atoms with Crippen molar-refractivity contribution in [2.45, 2.75) is 76.2 Å². The van der Waals surface area contributed by atoms with Crippen molar-refractivity contribution in [3.8, 4) is 0 Å². The molecule has 0 spiro atoms. The fraction of sp³-hybridized carbons (Fsp3) is 0.615. The first-order valence-corrected chi connectivity index (χ1v) is 12.1. The summed E-state index contributed by atoms with van der Waals surface area (Å²) in [5, 5.41) is 11.0. The number of aryl methyl sites for hydroxylation is 1.